The maximum atomic E-state index is 12.6. The molecular formula is C23H23N3O4. The Hall–Kier alpha value is -3.16. The third-order valence-electron chi connectivity index (χ3n) is 5.70. The first-order valence-corrected chi connectivity index (χ1v) is 10.2. The van der Waals surface area contributed by atoms with Crippen molar-refractivity contribution in [3.8, 4) is 0 Å². The molecular weight excluding hydrogens is 382 g/mol. The number of rotatable bonds is 4. The van der Waals surface area contributed by atoms with Crippen molar-refractivity contribution in [1.29, 1.82) is 0 Å². The second-order valence-electron chi connectivity index (χ2n) is 7.57. The number of nitrogens with zero attached hydrogens (tertiary/aromatic N) is 1. The van der Waals surface area contributed by atoms with E-state index in [0.717, 1.165) is 55.2 Å². The van der Waals surface area contributed by atoms with Crippen LogP contribution in [-0.4, -0.2) is 56.1 Å². The second-order valence-corrected chi connectivity index (χ2v) is 7.57. The average molecular weight is 405 g/mol. The molecule has 154 valence electrons. The molecule has 3 aliphatic heterocycles. The highest BCUT2D eigenvalue weighted by atomic mass is 16.5. The molecule has 0 radical (unpaired) electrons. The van der Waals surface area contributed by atoms with Crippen LogP contribution in [0.25, 0.3) is 11.3 Å². The standard InChI is InChI=1S/C23H23N3O4/c27-22(24-7-8-26-9-11-29-12-10-26)15-5-6-17-16(13-15)14-30-21(17)20-18-3-1-2-4-19(18)25-23(20)28/h1-6,13H,7-12,14H2,(H,24,27)(H,25,28)/b21-20+. The molecule has 0 unspecified atom stereocenters. The van der Waals surface area contributed by atoms with Gasteiger partial charge in [-0.05, 0) is 18.2 Å². The van der Waals surface area contributed by atoms with Gasteiger partial charge >= 0.3 is 0 Å². The van der Waals surface area contributed by atoms with Crippen molar-refractivity contribution in [2.45, 2.75) is 6.61 Å². The lowest BCUT2D eigenvalue weighted by Crippen LogP contribution is -2.41. The lowest BCUT2D eigenvalue weighted by molar-refractivity contribution is -0.110. The Morgan fingerprint density at radius 1 is 1.10 bits per heavy atom. The van der Waals surface area contributed by atoms with Gasteiger partial charge in [-0.1, -0.05) is 24.3 Å². The maximum Gasteiger partial charge on any atom is 0.260 e. The van der Waals surface area contributed by atoms with Crippen molar-refractivity contribution in [1.82, 2.24) is 10.2 Å². The number of carbonyl (C=O) groups excluding carboxylic acids is 2. The van der Waals surface area contributed by atoms with Gasteiger partial charge in [0, 0.05) is 54.1 Å². The molecule has 3 aliphatic rings. The Morgan fingerprint density at radius 2 is 1.93 bits per heavy atom. The lowest BCUT2D eigenvalue weighted by atomic mass is 9.99. The molecule has 0 atom stereocenters. The van der Waals surface area contributed by atoms with Crippen molar-refractivity contribution in [3.63, 3.8) is 0 Å². The minimum atomic E-state index is -0.163. The van der Waals surface area contributed by atoms with Crippen molar-refractivity contribution in [2.24, 2.45) is 0 Å². The van der Waals surface area contributed by atoms with E-state index in [9.17, 15) is 9.59 Å². The predicted octanol–water partition coefficient (Wildman–Crippen LogP) is 2.10. The molecule has 30 heavy (non-hydrogen) atoms. The minimum Gasteiger partial charge on any atom is -0.487 e. The number of amides is 2. The van der Waals surface area contributed by atoms with E-state index in [1.165, 1.54) is 0 Å². The molecule has 2 aromatic carbocycles. The molecule has 2 amide bonds. The van der Waals surface area contributed by atoms with Crippen molar-refractivity contribution in [2.75, 3.05) is 44.7 Å². The largest absolute Gasteiger partial charge is 0.487 e. The quantitative estimate of drug-likeness (QED) is 0.762. The average Bonchev–Trinajstić information content (AvgIpc) is 3.33. The molecule has 0 bridgehead atoms. The Morgan fingerprint density at radius 3 is 2.80 bits per heavy atom. The van der Waals surface area contributed by atoms with Gasteiger partial charge in [0.05, 0.1) is 18.8 Å². The number of carbonyl (C=O) groups is 2. The Labute approximate surface area is 174 Å². The fourth-order valence-electron chi connectivity index (χ4n) is 4.11. The smallest absolute Gasteiger partial charge is 0.260 e. The molecule has 0 aromatic heterocycles. The van der Waals surface area contributed by atoms with Gasteiger partial charge in [-0.25, -0.2) is 0 Å². The molecule has 5 rings (SSSR count). The molecule has 0 saturated carbocycles. The van der Waals surface area contributed by atoms with E-state index in [1.54, 1.807) is 6.07 Å². The topological polar surface area (TPSA) is 79.9 Å². The summed E-state index contributed by atoms with van der Waals surface area (Å²) in [4.78, 5) is 27.4. The summed E-state index contributed by atoms with van der Waals surface area (Å²) in [7, 11) is 0. The van der Waals surface area contributed by atoms with E-state index in [-0.39, 0.29) is 11.8 Å². The zero-order valence-electron chi connectivity index (χ0n) is 16.6. The van der Waals surface area contributed by atoms with Gasteiger partial charge in [-0.3, -0.25) is 14.5 Å². The summed E-state index contributed by atoms with van der Waals surface area (Å²) in [5.74, 6) is 0.312. The van der Waals surface area contributed by atoms with Crippen LogP contribution in [0.3, 0.4) is 0 Å². The summed E-state index contributed by atoms with van der Waals surface area (Å²) >= 11 is 0. The highest BCUT2D eigenvalue weighted by Gasteiger charge is 2.32. The number of nitrogens with one attached hydrogen (secondary N) is 2. The Balaban J connectivity index is 1.32. The highest BCUT2D eigenvalue weighted by Crippen LogP contribution is 2.41. The predicted molar refractivity (Wildman–Crippen MR) is 113 cm³/mol. The number of fused-ring (bicyclic) bond motifs is 2. The number of hydrogen-bond acceptors (Lipinski definition) is 5. The van der Waals surface area contributed by atoms with Gasteiger partial charge in [0.15, 0.2) is 0 Å². The van der Waals surface area contributed by atoms with Gasteiger partial charge < -0.3 is 20.1 Å². The van der Waals surface area contributed by atoms with E-state index >= 15 is 0 Å². The number of ether oxygens (including phenoxy) is 2. The number of para-hydroxylation sites is 1. The summed E-state index contributed by atoms with van der Waals surface area (Å²) in [5, 5.41) is 5.87. The number of morpholine rings is 1. The zero-order valence-corrected chi connectivity index (χ0v) is 16.6. The monoisotopic (exact) mass is 405 g/mol. The lowest BCUT2D eigenvalue weighted by Gasteiger charge is -2.26. The first-order valence-electron chi connectivity index (χ1n) is 10.2. The molecule has 7 heteroatoms. The van der Waals surface area contributed by atoms with Crippen LogP contribution in [0.15, 0.2) is 42.5 Å². The van der Waals surface area contributed by atoms with Crippen LogP contribution in [0.1, 0.15) is 27.0 Å². The van der Waals surface area contributed by atoms with Crippen LogP contribution < -0.4 is 10.6 Å². The second kappa shape index (κ2) is 7.93. The van der Waals surface area contributed by atoms with Crippen LogP contribution in [0, 0.1) is 0 Å². The van der Waals surface area contributed by atoms with Crippen LogP contribution in [0.4, 0.5) is 5.69 Å². The van der Waals surface area contributed by atoms with Gasteiger partial charge in [-0.15, -0.1) is 0 Å². The van der Waals surface area contributed by atoms with Crippen LogP contribution >= 0.6 is 0 Å². The van der Waals surface area contributed by atoms with E-state index in [1.807, 2.05) is 36.4 Å². The van der Waals surface area contributed by atoms with Crippen molar-refractivity contribution in [3.05, 3.63) is 64.7 Å². The number of hydrogen-bond donors (Lipinski definition) is 2. The normalized spacial score (nSPS) is 20.3. The van der Waals surface area contributed by atoms with Crippen LogP contribution in [0.5, 0.6) is 0 Å². The Bertz CT molecular complexity index is 1040. The van der Waals surface area contributed by atoms with E-state index in [2.05, 4.69) is 15.5 Å². The van der Waals surface area contributed by atoms with E-state index < -0.39 is 0 Å². The molecule has 0 aliphatic carbocycles. The zero-order chi connectivity index (χ0) is 20.5. The highest BCUT2D eigenvalue weighted by molar-refractivity contribution is 6.36. The van der Waals surface area contributed by atoms with Crippen molar-refractivity contribution >= 4 is 28.8 Å². The van der Waals surface area contributed by atoms with E-state index in [4.69, 9.17) is 9.47 Å². The fourth-order valence-corrected chi connectivity index (χ4v) is 4.11. The third kappa shape index (κ3) is 3.46. The van der Waals surface area contributed by atoms with Gasteiger partial charge in [-0.2, -0.15) is 0 Å². The summed E-state index contributed by atoms with van der Waals surface area (Å²) in [6.07, 6.45) is 0. The molecule has 3 heterocycles. The van der Waals surface area contributed by atoms with Gasteiger partial charge in [0.25, 0.3) is 11.8 Å². The van der Waals surface area contributed by atoms with Gasteiger partial charge in [0.2, 0.25) is 0 Å². The minimum absolute atomic E-state index is 0.101. The SMILES string of the molecule is O=C1Nc2ccccc2/C1=C1\OCc2cc(C(=O)NCCN3CCOCC3)ccc21. The number of benzene rings is 2. The van der Waals surface area contributed by atoms with Crippen LogP contribution in [0.2, 0.25) is 0 Å². The summed E-state index contributed by atoms with van der Waals surface area (Å²) < 4.78 is 11.2. The molecule has 1 fully saturated rings. The van der Waals surface area contributed by atoms with Gasteiger partial charge in [0.1, 0.15) is 12.4 Å². The van der Waals surface area contributed by atoms with E-state index in [0.29, 0.717) is 30.0 Å². The molecule has 2 aromatic rings. The van der Waals surface area contributed by atoms with Crippen molar-refractivity contribution < 1.29 is 19.1 Å². The summed E-state index contributed by atoms with van der Waals surface area (Å²) in [6.45, 7) is 5.06. The van der Waals surface area contributed by atoms with Crippen LogP contribution in [-0.2, 0) is 20.9 Å². The summed E-state index contributed by atoms with van der Waals surface area (Å²) in [5.41, 5.74) is 4.56. The molecule has 7 nitrogen and oxygen atoms in total. The number of anilines is 1. The first-order chi connectivity index (χ1) is 14.7. The maximum absolute atomic E-state index is 12.6. The first kappa shape index (κ1) is 18.8. The Kier molecular flexibility index (Phi) is 4.98. The fraction of sp³-hybridized carbons (Fsp3) is 0.304. The molecule has 1 saturated heterocycles. The molecule has 0 spiro atoms. The molecule has 2 N–H and O–H groups in total. The summed E-state index contributed by atoms with van der Waals surface area (Å²) in [6, 6.07) is 13.1. The third-order valence-corrected chi connectivity index (χ3v) is 5.70.